The lowest BCUT2D eigenvalue weighted by Crippen LogP contribution is -2.22. The van der Waals surface area contributed by atoms with E-state index in [0.717, 1.165) is 4.88 Å². The van der Waals surface area contributed by atoms with Gasteiger partial charge in [-0.05, 0) is 11.4 Å². The lowest BCUT2D eigenvalue weighted by atomic mass is 10.2. The predicted octanol–water partition coefficient (Wildman–Crippen LogP) is 0.629. The third-order valence-corrected chi connectivity index (χ3v) is 2.54. The summed E-state index contributed by atoms with van der Waals surface area (Å²) >= 11 is 1.45. The zero-order valence-electron chi connectivity index (χ0n) is 6.03. The average Bonchev–Trinajstić information content (AvgIpc) is 2.58. The molecule has 62 valence electrons. The fourth-order valence-electron chi connectivity index (χ4n) is 1.07. The molecular formula is C7H6N2O2S. The zero-order chi connectivity index (χ0) is 8.55. The van der Waals surface area contributed by atoms with E-state index in [1.165, 1.54) is 11.3 Å². The van der Waals surface area contributed by atoms with Crippen molar-refractivity contribution in [2.24, 2.45) is 0 Å². The Morgan fingerprint density at radius 1 is 1.42 bits per heavy atom. The summed E-state index contributed by atoms with van der Waals surface area (Å²) in [7, 11) is 0. The Balaban J connectivity index is 2.26. The fourth-order valence-corrected chi connectivity index (χ4v) is 1.85. The highest BCUT2D eigenvalue weighted by molar-refractivity contribution is 7.10. The summed E-state index contributed by atoms with van der Waals surface area (Å²) in [5.74, 6) is -0.276. The van der Waals surface area contributed by atoms with Crippen LogP contribution in [0.3, 0.4) is 0 Å². The summed E-state index contributed by atoms with van der Waals surface area (Å²) < 4.78 is 0. The first-order valence-electron chi connectivity index (χ1n) is 3.42. The van der Waals surface area contributed by atoms with Crippen LogP contribution in [0.4, 0.5) is 4.79 Å². The molecule has 1 aromatic rings. The van der Waals surface area contributed by atoms with E-state index in [1.807, 2.05) is 17.5 Å². The third kappa shape index (κ3) is 1.08. The van der Waals surface area contributed by atoms with Crippen molar-refractivity contribution in [2.45, 2.75) is 6.04 Å². The molecule has 3 amide bonds. The predicted molar refractivity (Wildman–Crippen MR) is 43.7 cm³/mol. The number of rotatable bonds is 1. The number of hydrogen-bond acceptors (Lipinski definition) is 3. The van der Waals surface area contributed by atoms with E-state index in [1.54, 1.807) is 0 Å². The van der Waals surface area contributed by atoms with Gasteiger partial charge >= 0.3 is 6.03 Å². The summed E-state index contributed by atoms with van der Waals surface area (Å²) in [4.78, 5) is 22.7. The maximum atomic E-state index is 11.1. The molecule has 12 heavy (non-hydrogen) atoms. The molecule has 2 rings (SSSR count). The van der Waals surface area contributed by atoms with Crippen LogP contribution in [0.25, 0.3) is 0 Å². The van der Waals surface area contributed by atoms with Gasteiger partial charge in [-0.25, -0.2) is 4.79 Å². The molecule has 0 saturated carbocycles. The Labute approximate surface area is 72.6 Å². The van der Waals surface area contributed by atoms with Gasteiger partial charge in [0, 0.05) is 4.88 Å². The van der Waals surface area contributed by atoms with E-state index < -0.39 is 12.1 Å². The number of carbonyl (C=O) groups is 2. The summed E-state index contributed by atoms with van der Waals surface area (Å²) in [6, 6.07) is 2.76. The number of imide groups is 1. The minimum absolute atomic E-state index is 0.276. The number of nitrogens with one attached hydrogen (secondary N) is 2. The van der Waals surface area contributed by atoms with Crippen LogP contribution in [0.5, 0.6) is 0 Å². The first kappa shape index (κ1) is 7.30. The number of hydrogen-bond donors (Lipinski definition) is 2. The van der Waals surface area contributed by atoms with Gasteiger partial charge in [-0.15, -0.1) is 11.3 Å². The quantitative estimate of drug-likeness (QED) is 0.626. The standard InChI is InChI=1S/C7H6N2O2S/c10-6-5(8-7(11)9-6)4-2-1-3-12-4/h1-3,5H,(H2,8,9,10,11). The van der Waals surface area contributed by atoms with Crippen LogP contribution < -0.4 is 10.6 Å². The molecule has 4 nitrogen and oxygen atoms in total. The molecule has 1 atom stereocenters. The second kappa shape index (κ2) is 2.60. The normalized spacial score (nSPS) is 22.2. The lowest BCUT2D eigenvalue weighted by Gasteiger charge is -2.01. The maximum Gasteiger partial charge on any atom is 0.322 e. The van der Waals surface area contributed by atoms with E-state index in [-0.39, 0.29) is 5.91 Å². The van der Waals surface area contributed by atoms with Gasteiger partial charge in [-0.3, -0.25) is 10.1 Å². The number of urea groups is 1. The van der Waals surface area contributed by atoms with Crippen molar-refractivity contribution in [3.63, 3.8) is 0 Å². The van der Waals surface area contributed by atoms with Crippen molar-refractivity contribution >= 4 is 23.3 Å². The van der Waals surface area contributed by atoms with E-state index in [4.69, 9.17) is 0 Å². The molecule has 1 fully saturated rings. The summed E-state index contributed by atoms with van der Waals surface area (Å²) in [6.45, 7) is 0. The molecule has 1 aliphatic rings. The summed E-state index contributed by atoms with van der Waals surface area (Å²) in [6.07, 6.45) is 0. The van der Waals surface area contributed by atoms with Gasteiger partial charge in [0.2, 0.25) is 0 Å². The van der Waals surface area contributed by atoms with Gasteiger partial charge in [0.05, 0.1) is 0 Å². The Hall–Kier alpha value is -1.36. The van der Waals surface area contributed by atoms with Crippen LogP contribution >= 0.6 is 11.3 Å². The van der Waals surface area contributed by atoms with Gasteiger partial charge in [-0.1, -0.05) is 6.07 Å². The first-order valence-corrected chi connectivity index (χ1v) is 4.30. The molecule has 0 aliphatic carbocycles. The Kier molecular flexibility index (Phi) is 1.58. The highest BCUT2D eigenvalue weighted by Gasteiger charge is 2.31. The molecule has 0 bridgehead atoms. The van der Waals surface area contributed by atoms with Gasteiger partial charge in [-0.2, -0.15) is 0 Å². The Morgan fingerprint density at radius 3 is 2.75 bits per heavy atom. The lowest BCUT2D eigenvalue weighted by molar-refractivity contribution is -0.120. The van der Waals surface area contributed by atoms with Crippen molar-refractivity contribution in [2.75, 3.05) is 0 Å². The van der Waals surface area contributed by atoms with Crippen LogP contribution in [0.2, 0.25) is 0 Å². The molecular weight excluding hydrogens is 176 g/mol. The van der Waals surface area contributed by atoms with E-state index >= 15 is 0 Å². The van der Waals surface area contributed by atoms with E-state index in [0.29, 0.717) is 0 Å². The van der Waals surface area contributed by atoms with Crippen LogP contribution in [0.15, 0.2) is 17.5 Å². The van der Waals surface area contributed by atoms with Crippen molar-refractivity contribution in [3.05, 3.63) is 22.4 Å². The molecule has 1 aromatic heterocycles. The monoisotopic (exact) mass is 182 g/mol. The molecule has 2 N–H and O–H groups in total. The van der Waals surface area contributed by atoms with Gasteiger partial charge in [0.1, 0.15) is 6.04 Å². The number of carbonyl (C=O) groups excluding carboxylic acids is 2. The maximum absolute atomic E-state index is 11.1. The van der Waals surface area contributed by atoms with Gasteiger partial charge in [0.25, 0.3) is 5.91 Å². The molecule has 0 radical (unpaired) electrons. The average molecular weight is 182 g/mol. The second-order valence-electron chi connectivity index (χ2n) is 2.41. The van der Waals surface area contributed by atoms with Crippen molar-refractivity contribution in [1.82, 2.24) is 10.6 Å². The molecule has 2 heterocycles. The molecule has 5 heteroatoms. The largest absolute Gasteiger partial charge is 0.322 e. The number of thiophene rings is 1. The van der Waals surface area contributed by atoms with Gasteiger partial charge in [0.15, 0.2) is 0 Å². The second-order valence-corrected chi connectivity index (χ2v) is 3.39. The van der Waals surface area contributed by atoms with Crippen LogP contribution in [-0.4, -0.2) is 11.9 Å². The molecule has 1 aliphatic heterocycles. The SMILES string of the molecule is O=C1NC(=O)C(c2cccs2)N1. The Morgan fingerprint density at radius 2 is 2.25 bits per heavy atom. The fraction of sp³-hybridized carbons (Fsp3) is 0.143. The molecule has 0 spiro atoms. The highest BCUT2D eigenvalue weighted by atomic mass is 32.1. The zero-order valence-corrected chi connectivity index (χ0v) is 6.85. The topological polar surface area (TPSA) is 58.2 Å². The van der Waals surface area contributed by atoms with Crippen molar-refractivity contribution in [1.29, 1.82) is 0 Å². The first-order chi connectivity index (χ1) is 5.77. The van der Waals surface area contributed by atoms with Crippen molar-refractivity contribution < 1.29 is 9.59 Å². The van der Waals surface area contributed by atoms with Crippen LogP contribution in [0, 0.1) is 0 Å². The highest BCUT2D eigenvalue weighted by Crippen LogP contribution is 2.20. The number of amides is 3. The summed E-state index contributed by atoms with van der Waals surface area (Å²) in [5, 5.41) is 6.56. The van der Waals surface area contributed by atoms with E-state index in [2.05, 4.69) is 10.6 Å². The van der Waals surface area contributed by atoms with Crippen molar-refractivity contribution in [3.8, 4) is 0 Å². The Bertz CT molecular complexity index is 320. The van der Waals surface area contributed by atoms with Crippen LogP contribution in [0.1, 0.15) is 10.9 Å². The molecule has 0 aromatic carbocycles. The summed E-state index contributed by atoms with van der Waals surface area (Å²) in [5.41, 5.74) is 0. The minimum Gasteiger partial charge on any atom is -0.321 e. The smallest absolute Gasteiger partial charge is 0.321 e. The molecule has 1 unspecified atom stereocenters. The van der Waals surface area contributed by atoms with E-state index in [9.17, 15) is 9.59 Å². The minimum atomic E-state index is -0.488. The van der Waals surface area contributed by atoms with Gasteiger partial charge < -0.3 is 5.32 Å². The third-order valence-electron chi connectivity index (χ3n) is 1.60. The van der Waals surface area contributed by atoms with Crippen LogP contribution in [-0.2, 0) is 4.79 Å². The molecule has 1 saturated heterocycles.